The molecule has 1 unspecified atom stereocenters. The molecular formula is C22H24FN3O. The summed E-state index contributed by atoms with van der Waals surface area (Å²) in [5, 5.41) is 7.67. The molecule has 0 aliphatic carbocycles. The molecule has 0 spiro atoms. The van der Waals surface area contributed by atoms with Crippen molar-refractivity contribution in [1.82, 2.24) is 15.1 Å². The first kappa shape index (κ1) is 18.8. The molecule has 4 nitrogen and oxygen atoms in total. The highest BCUT2D eigenvalue weighted by molar-refractivity contribution is 5.94. The molecule has 0 fully saturated rings. The Bertz CT molecular complexity index is 960. The van der Waals surface area contributed by atoms with Crippen LogP contribution in [-0.4, -0.2) is 21.7 Å². The van der Waals surface area contributed by atoms with Crippen molar-refractivity contribution in [3.63, 3.8) is 0 Å². The lowest BCUT2D eigenvalue weighted by molar-refractivity contribution is 0.0931. The zero-order valence-electron chi connectivity index (χ0n) is 16.1. The first-order valence-corrected chi connectivity index (χ1v) is 9.13. The lowest BCUT2D eigenvalue weighted by Gasteiger charge is -2.14. The second kappa shape index (κ2) is 7.74. The smallest absolute Gasteiger partial charge is 0.270 e. The van der Waals surface area contributed by atoms with E-state index in [0.29, 0.717) is 11.4 Å². The number of hydrogen-bond donors (Lipinski definition) is 1. The lowest BCUT2D eigenvalue weighted by Crippen LogP contribution is -2.33. The highest BCUT2D eigenvalue weighted by atomic mass is 19.1. The van der Waals surface area contributed by atoms with Crippen LogP contribution in [0.25, 0.3) is 16.9 Å². The third-order valence-electron chi connectivity index (χ3n) is 4.66. The molecule has 1 heterocycles. The number of aryl methyl sites for hydroxylation is 2. The normalized spacial score (nSPS) is 12.0. The standard InChI is InChI=1S/C22H24FN3O/c1-5-16(4)24-22(27)21-13-19(17-8-10-18(23)11-9-17)25-26(21)20-12-14(2)6-7-15(20)3/h6-13,16H,5H2,1-4H3,(H,24,27). The second-order valence-electron chi connectivity index (χ2n) is 6.91. The first-order chi connectivity index (χ1) is 12.9. The fourth-order valence-electron chi connectivity index (χ4n) is 2.84. The summed E-state index contributed by atoms with van der Waals surface area (Å²) in [6.45, 7) is 7.99. The van der Waals surface area contributed by atoms with Crippen LogP contribution in [0.2, 0.25) is 0 Å². The molecule has 2 aromatic carbocycles. The van der Waals surface area contributed by atoms with E-state index < -0.39 is 0 Å². The van der Waals surface area contributed by atoms with Gasteiger partial charge in [0.05, 0.1) is 11.4 Å². The molecule has 1 atom stereocenters. The number of nitrogens with one attached hydrogen (secondary N) is 1. The van der Waals surface area contributed by atoms with Gasteiger partial charge in [0.2, 0.25) is 0 Å². The Kier molecular flexibility index (Phi) is 5.40. The largest absolute Gasteiger partial charge is 0.348 e. The van der Waals surface area contributed by atoms with E-state index in [2.05, 4.69) is 10.4 Å². The number of carbonyl (C=O) groups excluding carboxylic acids is 1. The summed E-state index contributed by atoms with van der Waals surface area (Å²) in [5.41, 5.74) is 4.82. The highest BCUT2D eigenvalue weighted by Crippen LogP contribution is 2.24. The van der Waals surface area contributed by atoms with Crippen molar-refractivity contribution in [3.8, 4) is 16.9 Å². The Labute approximate surface area is 159 Å². The number of hydrogen-bond acceptors (Lipinski definition) is 2. The van der Waals surface area contributed by atoms with Gasteiger partial charge in [0.25, 0.3) is 5.91 Å². The van der Waals surface area contributed by atoms with Gasteiger partial charge in [-0.05, 0) is 74.7 Å². The lowest BCUT2D eigenvalue weighted by atomic mass is 10.1. The van der Waals surface area contributed by atoms with E-state index in [1.165, 1.54) is 12.1 Å². The number of carbonyl (C=O) groups is 1. The van der Waals surface area contributed by atoms with Gasteiger partial charge in [0.1, 0.15) is 11.5 Å². The first-order valence-electron chi connectivity index (χ1n) is 9.13. The minimum Gasteiger partial charge on any atom is -0.348 e. The Hall–Kier alpha value is -2.95. The zero-order chi connectivity index (χ0) is 19.6. The molecule has 0 radical (unpaired) electrons. The summed E-state index contributed by atoms with van der Waals surface area (Å²) in [7, 11) is 0. The topological polar surface area (TPSA) is 46.9 Å². The van der Waals surface area contributed by atoms with Gasteiger partial charge in [-0.15, -0.1) is 0 Å². The summed E-state index contributed by atoms with van der Waals surface area (Å²) < 4.78 is 14.9. The Morgan fingerprint density at radius 1 is 1.15 bits per heavy atom. The minimum atomic E-state index is -0.303. The van der Waals surface area contributed by atoms with Crippen LogP contribution in [0.3, 0.4) is 0 Å². The second-order valence-corrected chi connectivity index (χ2v) is 6.91. The molecule has 1 N–H and O–H groups in total. The van der Waals surface area contributed by atoms with Crippen LogP contribution in [0.4, 0.5) is 4.39 Å². The van der Waals surface area contributed by atoms with E-state index in [4.69, 9.17) is 0 Å². The van der Waals surface area contributed by atoms with E-state index in [1.807, 2.05) is 45.9 Å². The van der Waals surface area contributed by atoms with Gasteiger partial charge in [-0.2, -0.15) is 5.10 Å². The highest BCUT2D eigenvalue weighted by Gasteiger charge is 2.20. The predicted molar refractivity (Wildman–Crippen MR) is 106 cm³/mol. The molecule has 1 aromatic heterocycles. The molecule has 140 valence electrons. The molecule has 0 saturated heterocycles. The number of nitrogens with zero attached hydrogens (tertiary/aromatic N) is 2. The van der Waals surface area contributed by atoms with Gasteiger partial charge < -0.3 is 5.32 Å². The summed E-state index contributed by atoms with van der Waals surface area (Å²) in [5.74, 6) is -0.478. The fraction of sp³-hybridized carbons (Fsp3) is 0.273. The molecule has 0 aliphatic heterocycles. The van der Waals surface area contributed by atoms with E-state index in [-0.39, 0.29) is 17.8 Å². The van der Waals surface area contributed by atoms with Crippen LogP contribution in [0.1, 0.15) is 41.9 Å². The van der Waals surface area contributed by atoms with Crippen molar-refractivity contribution in [1.29, 1.82) is 0 Å². The molecule has 27 heavy (non-hydrogen) atoms. The van der Waals surface area contributed by atoms with Gasteiger partial charge >= 0.3 is 0 Å². The maximum atomic E-state index is 13.3. The summed E-state index contributed by atoms with van der Waals surface area (Å²) >= 11 is 0. The van der Waals surface area contributed by atoms with Crippen LogP contribution in [0.15, 0.2) is 48.5 Å². The fourth-order valence-corrected chi connectivity index (χ4v) is 2.84. The van der Waals surface area contributed by atoms with Crippen LogP contribution in [-0.2, 0) is 0 Å². The third-order valence-corrected chi connectivity index (χ3v) is 4.66. The van der Waals surface area contributed by atoms with Crippen LogP contribution in [0.5, 0.6) is 0 Å². The van der Waals surface area contributed by atoms with Crippen molar-refractivity contribution < 1.29 is 9.18 Å². The van der Waals surface area contributed by atoms with Crippen molar-refractivity contribution >= 4 is 5.91 Å². The molecule has 0 aliphatic rings. The van der Waals surface area contributed by atoms with Gasteiger partial charge in [0, 0.05) is 11.6 Å². The molecule has 0 bridgehead atoms. The van der Waals surface area contributed by atoms with E-state index in [9.17, 15) is 9.18 Å². The number of aromatic nitrogens is 2. The van der Waals surface area contributed by atoms with Gasteiger partial charge in [-0.1, -0.05) is 19.1 Å². The Morgan fingerprint density at radius 3 is 2.52 bits per heavy atom. The average Bonchev–Trinajstić information content (AvgIpc) is 3.09. The maximum absolute atomic E-state index is 13.3. The van der Waals surface area contributed by atoms with Crippen molar-refractivity contribution in [2.45, 2.75) is 40.2 Å². The van der Waals surface area contributed by atoms with Gasteiger partial charge in [0.15, 0.2) is 0 Å². The Balaban J connectivity index is 2.13. The average molecular weight is 365 g/mol. The van der Waals surface area contributed by atoms with E-state index in [0.717, 1.165) is 28.8 Å². The Morgan fingerprint density at radius 2 is 1.85 bits per heavy atom. The quantitative estimate of drug-likeness (QED) is 0.704. The maximum Gasteiger partial charge on any atom is 0.270 e. The van der Waals surface area contributed by atoms with Crippen LogP contribution in [0, 0.1) is 19.7 Å². The zero-order valence-corrected chi connectivity index (χ0v) is 16.1. The molecular weight excluding hydrogens is 341 g/mol. The molecule has 3 aromatic rings. The number of amides is 1. The van der Waals surface area contributed by atoms with Crippen molar-refractivity contribution in [2.75, 3.05) is 0 Å². The minimum absolute atomic E-state index is 0.0636. The molecule has 1 amide bonds. The van der Waals surface area contributed by atoms with Crippen LogP contribution < -0.4 is 5.32 Å². The molecule has 5 heteroatoms. The predicted octanol–water partition coefficient (Wildman–Crippen LogP) is 4.82. The van der Waals surface area contributed by atoms with Crippen LogP contribution >= 0.6 is 0 Å². The van der Waals surface area contributed by atoms with Crippen molar-refractivity contribution in [2.24, 2.45) is 0 Å². The van der Waals surface area contributed by atoms with Gasteiger partial charge in [-0.25, -0.2) is 9.07 Å². The number of benzene rings is 2. The van der Waals surface area contributed by atoms with Gasteiger partial charge in [-0.3, -0.25) is 4.79 Å². The number of rotatable bonds is 5. The monoisotopic (exact) mass is 365 g/mol. The summed E-state index contributed by atoms with van der Waals surface area (Å²) in [4.78, 5) is 12.9. The third kappa shape index (κ3) is 4.08. The number of halogens is 1. The summed E-state index contributed by atoms with van der Waals surface area (Å²) in [6.07, 6.45) is 0.841. The van der Waals surface area contributed by atoms with Crippen molar-refractivity contribution in [3.05, 3.63) is 71.2 Å². The van der Waals surface area contributed by atoms with E-state index in [1.54, 1.807) is 22.9 Å². The molecule has 3 rings (SSSR count). The SMILES string of the molecule is CCC(C)NC(=O)c1cc(-c2ccc(F)cc2)nn1-c1cc(C)ccc1C. The molecule has 0 saturated carbocycles. The summed E-state index contributed by atoms with van der Waals surface area (Å²) in [6, 6.07) is 14.0. The van der Waals surface area contributed by atoms with E-state index >= 15 is 0 Å².